The van der Waals surface area contributed by atoms with Crippen molar-refractivity contribution in [1.82, 2.24) is 4.90 Å². The molecular formula is C12H17NO3. The molecule has 1 N–H and O–H groups in total. The van der Waals surface area contributed by atoms with Crippen LogP contribution in [0.4, 0.5) is 0 Å². The Labute approximate surface area is 94.9 Å². The maximum absolute atomic E-state index is 10.5. The van der Waals surface area contributed by atoms with Crippen LogP contribution in [0, 0.1) is 0 Å². The summed E-state index contributed by atoms with van der Waals surface area (Å²) in [5.74, 6) is 0.327. The highest BCUT2D eigenvalue weighted by atomic mass is 16.4. The van der Waals surface area contributed by atoms with E-state index >= 15 is 0 Å². The third-order valence-electron chi connectivity index (χ3n) is 3.23. The van der Waals surface area contributed by atoms with Gasteiger partial charge in [0.2, 0.25) is 0 Å². The van der Waals surface area contributed by atoms with Crippen LogP contribution in [0.25, 0.3) is 0 Å². The van der Waals surface area contributed by atoms with Gasteiger partial charge in [0.25, 0.3) is 0 Å². The van der Waals surface area contributed by atoms with Crippen molar-refractivity contribution in [3.8, 4) is 0 Å². The van der Waals surface area contributed by atoms with Gasteiger partial charge in [-0.05, 0) is 26.0 Å². The lowest BCUT2D eigenvalue weighted by atomic mass is 9.92. The van der Waals surface area contributed by atoms with Crippen LogP contribution in [0.3, 0.4) is 0 Å². The molecule has 0 saturated carbocycles. The minimum Gasteiger partial charge on any atom is -0.481 e. The van der Waals surface area contributed by atoms with Crippen LogP contribution in [0.5, 0.6) is 0 Å². The van der Waals surface area contributed by atoms with E-state index in [2.05, 4.69) is 4.90 Å². The van der Waals surface area contributed by atoms with Crippen LogP contribution in [0.15, 0.2) is 16.7 Å². The number of hydrogen-bond donors (Lipinski definition) is 1. The summed E-state index contributed by atoms with van der Waals surface area (Å²) in [5, 5.41) is 8.67. The molecule has 0 aliphatic heterocycles. The van der Waals surface area contributed by atoms with Gasteiger partial charge in [0.05, 0.1) is 12.7 Å². The fraction of sp³-hybridized carbons (Fsp3) is 0.583. The predicted octanol–water partition coefficient (Wildman–Crippen LogP) is 2.06. The number of carboxylic acids is 1. The predicted molar refractivity (Wildman–Crippen MR) is 59.3 cm³/mol. The zero-order valence-corrected chi connectivity index (χ0v) is 9.48. The van der Waals surface area contributed by atoms with Crippen LogP contribution in [0.1, 0.15) is 36.6 Å². The maximum atomic E-state index is 10.5. The van der Waals surface area contributed by atoms with Gasteiger partial charge in [-0.25, -0.2) is 0 Å². The van der Waals surface area contributed by atoms with Crippen LogP contribution in [-0.2, 0) is 11.2 Å². The molecule has 0 spiro atoms. The van der Waals surface area contributed by atoms with Crippen LogP contribution in [-0.4, -0.2) is 29.6 Å². The second-order valence-corrected chi connectivity index (χ2v) is 4.33. The first-order valence-corrected chi connectivity index (χ1v) is 5.67. The topological polar surface area (TPSA) is 53.7 Å². The number of rotatable bonds is 4. The highest BCUT2D eigenvalue weighted by Gasteiger charge is 2.25. The Hall–Kier alpha value is -1.29. The average molecular weight is 223 g/mol. The van der Waals surface area contributed by atoms with E-state index in [-0.39, 0.29) is 6.42 Å². The Bertz CT molecular complexity index is 372. The molecule has 1 aliphatic rings. The van der Waals surface area contributed by atoms with Crippen molar-refractivity contribution in [3.63, 3.8) is 0 Å². The molecule has 88 valence electrons. The molecule has 0 bridgehead atoms. The Morgan fingerprint density at radius 1 is 1.69 bits per heavy atom. The monoisotopic (exact) mass is 223 g/mol. The Kier molecular flexibility index (Phi) is 3.29. The summed E-state index contributed by atoms with van der Waals surface area (Å²) in [5.41, 5.74) is 1.24. The van der Waals surface area contributed by atoms with Crippen molar-refractivity contribution < 1.29 is 14.3 Å². The van der Waals surface area contributed by atoms with E-state index in [1.165, 1.54) is 5.56 Å². The molecule has 4 nitrogen and oxygen atoms in total. The Morgan fingerprint density at radius 3 is 3.25 bits per heavy atom. The van der Waals surface area contributed by atoms with Crippen LogP contribution >= 0.6 is 0 Å². The quantitative estimate of drug-likeness (QED) is 0.849. The first-order valence-electron chi connectivity index (χ1n) is 5.67. The highest BCUT2D eigenvalue weighted by Crippen LogP contribution is 2.34. The maximum Gasteiger partial charge on any atom is 0.304 e. The van der Waals surface area contributed by atoms with E-state index in [1.54, 1.807) is 6.26 Å². The molecule has 0 aromatic carbocycles. The largest absolute Gasteiger partial charge is 0.481 e. The van der Waals surface area contributed by atoms with Gasteiger partial charge in [-0.1, -0.05) is 0 Å². The van der Waals surface area contributed by atoms with E-state index in [0.29, 0.717) is 12.6 Å². The lowest BCUT2D eigenvalue weighted by molar-refractivity contribution is -0.137. The molecule has 0 radical (unpaired) electrons. The first kappa shape index (κ1) is 11.2. The minimum absolute atomic E-state index is 0.195. The summed E-state index contributed by atoms with van der Waals surface area (Å²) in [6.45, 7) is 0.588. The van der Waals surface area contributed by atoms with E-state index in [1.807, 2.05) is 13.1 Å². The van der Waals surface area contributed by atoms with Crippen molar-refractivity contribution >= 4 is 5.97 Å². The number of nitrogens with zero attached hydrogens (tertiary/aromatic N) is 1. The summed E-state index contributed by atoms with van der Waals surface area (Å²) < 4.78 is 5.42. The molecule has 16 heavy (non-hydrogen) atoms. The van der Waals surface area contributed by atoms with E-state index in [4.69, 9.17) is 9.52 Å². The molecule has 1 aromatic rings. The zero-order valence-electron chi connectivity index (χ0n) is 9.48. The normalized spacial score (nSPS) is 19.8. The van der Waals surface area contributed by atoms with E-state index < -0.39 is 5.97 Å². The molecule has 1 aliphatic carbocycles. The average Bonchev–Trinajstić information content (AvgIpc) is 2.73. The van der Waals surface area contributed by atoms with Crippen molar-refractivity contribution in [3.05, 3.63) is 23.7 Å². The summed E-state index contributed by atoms with van der Waals surface area (Å²) >= 11 is 0. The van der Waals surface area contributed by atoms with Crippen LogP contribution < -0.4 is 0 Å². The van der Waals surface area contributed by atoms with Gasteiger partial charge in [-0.2, -0.15) is 0 Å². The SMILES string of the molecule is CN(CCC(=O)O)C1CCCc2occc21. The molecule has 1 heterocycles. The van der Waals surface area contributed by atoms with Gasteiger partial charge in [-0.3, -0.25) is 9.69 Å². The molecule has 1 atom stereocenters. The molecule has 0 fully saturated rings. The van der Waals surface area contributed by atoms with Crippen molar-refractivity contribution in [2.75, 3.05) is 13.6 Å². The fourth-order valence-corrected chi connectivity index (χ4v) is 2.35. The summed E-state index contributed by atoms with van der Waals surface area (Å²) in [7, 11) is 1.98. The van der Waals surface area contributed by atoms with Gasteiger partial charge < -0.3 is 9.52 Å². The number of carboxylic acid groups (broad SMARTS) is 1. The molecular weight excluding hydrogens is 206 g/mol. The van der Waals surface area contributed by atoms with Crippen molar-refractivity contribution in [1.29, 1.82) is 0 Å². The number of hydrogen-bond acceptors (Lipinski definition) is 3. The highest BCUT2D eigenvalue weighted by molar-refractivity contribution is 5.66. The number of aryl methyl sites for hydroxylation is 1. The summed E-state index contributed by atoms with van der Waals surface area (Å²) in [6, 6.07) is 2.33. The number of carbonyl (C=O) groups is 1. The van der Waals surface area contributed by atoms with Crippen molar-refractivity contribution in [2.24, 2.45) is 0 Å². The zero-order chi connectivity index (χ0) is 11.5. The molecule has 1 aromatic heterocycles. The first-order chi connectivity index (χ1) is 7.68. The smallest absolute Gasteiger partial charge is 0.304 e. The second-order valence-electron chi connectivity index (χ2n) is 4.33. The molecule has 0 saturated heterocycles. The molecule has 1 unspecified atom stereocenters. The molecule has 0 amide bonds. The van der Waals surface area contributed by atoms with Gasteiger partial charge in [-0.15, -0.1) is 0 Å². The summed E-state index contributed by atoms with van der Waals surface area (Å²) in [6.07, 6.45) is 5.13. The van der Waals surface area contributed by atoms with E-state index in [9.17, 15) is 4.79 Å². The van der Waals surface area contributed by atoms with E-state index in [0.717, 1.165) is 25.0 Å². The van der Waals surface area contributed by atoms with Gasteiger partial charge in [0.15, 0.2) is 0 Å². The third-order valence-corrected chi connectivity index (χ3v) is 3.23. The molecule has 4 heteroatoms. The summed E-state index contributed by atoms with van der Waals surface area (Å²) in [4.78, 5) is 12.6. The standard InChI is InChI=1S/C12H17NO3/c1-13(7-5-12(14)15)10-3-2-4-11-9(10)6-8-16-11/h6,8,10H,2-5,7H2,1H3,(H,14,15). The molecule has 2 rings (SSSR count). The number of aliphatic carboxylic acids is 1. The second kappa shape index (κ2) is 4.70. The Balaban J connectivity index is 2.03. The third kappa shape index (κ3) is 2.27. The van der Waals surface area contributed by atoms with Crippen molar-refractivity contribution in [2.45, 2.75) is 31.7 Å². The lowest BCUT2D eigenvalue weighted by Gasteiger charge is -2.30. The van der Waals surface area contributed by atoms with Gasteiger partial charge in [0.1, 0.15) is 5.76 Å². The Morgan fingerprint density at radius 2 is 2.50 bits per heavy atom. The van der Waals surface area contributed by atoms with Crippen LogP contribution in [0.2, 0.25) is 0 Å². The number of furan rings is 1. The van der Waals surface area contributed by atoms with Gasteiger partial charge in [0, 0.05) is 24.6 Å². The number of fused-ring (bicyclic) bond motifs is 1. The minimum atomic E-state index is -0.741. The fourth-order valence-electron chi connectivity index (χ4n) is 2.35. The van der Waals surface area contributed by atoms with Gasteiger partial charge >= 0.3 is 5.97 Å². The lowest BCUT2D eigenvalue weighted by Crippen LogP contribution is -2.29.